The summed E-state index contributed by atoms with van der Waals surface area (Å²) in [6.07, 6.45) is 0. The van der Waals surface area contributed by atoms with Crippen LogP contribution < -0.4 is 5.73 Å². The summed E-state index contributed by atoms with van der Waals surface area (Å²) < 4.78 is 2.21. The summed E-state index contributed by atoms with van der Waals surface area (Å²) in [7, 11) is 0. The second-order valence-corrected chi connectivity index (χ2v) is 4.71. The summed E-state index contributed by atoms with van der Waals surface area (Å²) in [6, 6.07) is 7.97. The van der Waals surface area contributed by atoms with E-state index in [4.69, 9.17) is 11.1 Å². The van der Waals surface area contributed by atoms with E-state index in [-0.39, 0.29) is 5.84 Å². The topological polar surface area (TPSA) is 49.9 Å². The highest BCUT2D eigenvalue weighted by molar-refractivity contribution is 9.10. The first-order valence-electron chi connectivity index (χ1n) is 3.70. The van der Waals surface area contributed by atoms with Crippen molar-refractivity contribution < 1.29 is 0 Å². The highest BCUT2D eigenvalue weighted by Gasteiger charge is 2.03. The normalized spacial score (nSPS) is 10.5. The van der Waals surface area contributed by atoms with Gasteiger partial charge in [-0.15, -0.1) is 11.3 Å². The van der Waals surface area contributed by atoms with Crippen molar-refractivity contribution in [2.24, 2.45) is 5.73 Å². The molecule has 0 saturated carbocycles. The Morgan fingerprint density at radius 1 is 1.38 bits per heavy atom. The number of benzene rings is 1. The van der Waals surface area contributed by atoms with E-state index in [1.807, 2.05) is 24.3 Å². The van der Waals surface area contributed by atoms with Gasteiger partial charge in [-0.25, -0.2) is 0 Å². The number of hydrogen-bond donors (Lipinski definition) is 2. The van der Waals surface area contributed by atoms with E-state index in [2.05, 4.69) is 15.9 Å². The Kier molecular flexibility index (Phi) is 2.09. The van der Waals surface area contributed by atoms with Crippen molar-refractivity contribution in [3.05, 3.63) is 33.6 Å². The predicted octanol–water partition coefficient (Wildman–Crippen LogP) is 2.95. The van der Waals surface area contributed by atoms with Crippen LogP contribution in [0, 0.1) is 5.41 Å². The van der Waals surface area contributed by atoms with Crippen LogP contribution in [-0.2, 0) is 0 Å². The van der Waals surface area contributed by atoms with Crippen LogP contribution in [-0.4, -0.2) is 5.84 Å². The van der Waals surface area contributed by atoms with Gasteiger partial charge in [0, 0.05) is 9.17 Å². The van der Waals surface area contributed by atoms with Gasteiger partial charge in [0.2, 0.25) is 0 Å². The molecule has 1 aromatic heterocycles. The standard InChI is InChI=1S/C9H7BrN2S/c10-6-2-1-5-3-8(9(11)12)13-7(5)4-6/h1-4H,(H3,11,12). The highest BCUT2D eigenvalue weighted by atomic mass is 79.9. The van der Waals surface area contributed by atoms with Crippen LogP contribution in [0.1, 0.15) is 4.88 Å². The third-order valence-corrected chi connectivity index (χ3v) is 3.37. The second kappa shape index (κ2) is 3.12. The molecule has 0 spiro atoms. The molecule has 0 aliphatic rings. The Morgan fingerprint density at radius 3 is 2.85 bits per heavy atom. The van der Waals surface area contributed by atoms with Crippen LogP contribution in [0.5, 0.6) is 0 Å². The van der Waals surface area contributed by atoms with Gasteiger partial charge in [-0.3, -0.25) is 5.41 Å². The molecule has 4 heteroatoms. The van der Waals surface area contributed by atoms with Crippen LogP contribution in [0.2, 0.25) is 0 Å². The van der Waals surface area contributed by atoms with Crippen molar-refractivity contribution in [3.8, 4) is 0 Å². The van der Waals surface area contributed by atoms with E-state index in [0.29, 0.717) is 0 Å². The number of fused-ring (bicyclic) bond motifs is 1. The van der Waals surface area contributed by atoms with Crippen molar-refractivity contribution >= 4 is 43.2 Å². The van der Waals surface area contributed by atoms with Crippen LogP contribution in [0.4, 0.5) is 0 Å². The average Bonchev–Trinajstić information content (AvgIpc) is 2.46. The van der Waals surface area contributed by atoms with Crippen molar-refractivity contribution in [2.45, 2.75) is 0 Å². The third-order valence-electron chi connectivity index (χ3n) is 1.75. The summed E-state index contributed by atoms with van der Waals surface area (Å²) in [4.78, 5) is 0.827. The Bertz CT molecular complexity index is 475. The van der Waals surface area contributed by atoms with Gasteiger partial charge < -0.3 is 5.73 Å². The summed E-state index contributed by atoms with van der Waals surface area (Å²) in [6.45, 7) is 0. The first-order valence-corrected chi connectivity index (χ1v) is 5.31. The maximum Gasteiger partial charge on any atom is 0.133 e. The number of nitrogen functional groups attached to an aromatic ring is 1. The Morgan fingerprint density at radius 2 is 2.15 bits per heavy atom. The number of rotatable bonds is 1. The smallest absolute Gasteiger partial charge is 0.133 e. The molecule has 0 fully saturated rings. The lowest BCUT2D eigenvalue weighted by molar-refractivity contribution is 1.46. The molecule has 2 rings (SSSR count). The average molecular weight is 255 g/mol. The first kappa shape index (κ1) is 8.72. The fourth-order valence-corrected chi connectivity index (χ4v) is 2.61. The molecule has 1 aromatic carbocycles. The molecular formula is C9H7BrN2S. The number of nitrogens with two attached hydrogens (primary N) is 1. The molecule has 0 atom stereocenters. The fraction of sp³-hybridized carbons (Fsp3) is 0. The zero-order valence-electron chi connectivity index (χ0n) is 6.67. The zero-order valence-corrected chi connectivity index (χ0v) is 9.08. The summed E-state index contributed by atoms with van der Waals surface area (Å²) in [5.74, 6) is 0.136. The quantitative estimate of drug-likeness (QED) is 0.597. The van der Waals surface area contributed by atoms with Gasteiger partial charge in [0.25, 0.3) is 0 Å². The second-order valence-electron chi connectivity index (χ2n) is 2.71. The number of halogens is 1. The minimum absolute atomic E-state index is 0.136. The molecule has 2 aromatic rings. The summed E-state index contributed by atoms with van der Waals surface area (Å²) >= 11 is 4.94. The van der Waals surface area contributed by atoms with Gasteiger partial charge >= 0.3 is 0 Å². The highest BCUT2D eigenvalue weighted by Crippen LogP contribution is 2.27. The lowest BCUT2D eigenvalue weighted by atomic mass is 10.2. The Balaban J connectivity index is 2.68. The lowest BCUT2D eigenvalue weighted by Gasteiger charge is -1.88. The molecule has 2 nitrogen and oxygen atoms in total. The van der Waals surface area contributed by atoms with Crippen molar-refractivity contribution in [1.29, 1.82) is 5.41 Å². The van der Waals surface area contributed by atoms with Crippen molar-refractivity contribution in [1.82, 2.24) is 0 Å². The van der Waals surface area contributed by atoms with Gasteiger partial charge in [0.1, 0.15) is 5.84 Å². The third kappa shape index (κ3) is 1.59. The summed E-state index contributed by atoms with van der Waals surface area (Å²) in [5, 5.41) is 8.44. The lowest BCUT2D eigenvalue weighted by Crippen LogP contribution is -2.08. The molecule has 0 saturated heterocycles. The van der Waals surface area contributed by atoms with Crippen LogP contribution >= 0.6 is 27.3 Å². The first-order chi connectivity index (χ1) is 6.16. The van der Waals surface area contributed by atoms with Gasteiger partial charge in [0.15, 0.2) is 0 Å². The van der Waals surface area contributed by atoms with Crippen LogP contribution in [0.3, 0.4) is 0 Å². The molecule has 0 amide bonds. The van der Waals surface area contributed by atoms with Crippen molar-refractivity contribution in [2.75, 3.05) is 0 Å². The molecule has 0 bridgehead atoms. The summed E-state index contributed by atoms with van der Waals surface area (Å²) in [5.41, 5.74) is 5.40. The minimum Gasteiger partial charge on any atom is -0.383 e. The van der Waals surface area contributed by atoms with E-state index in [0.717, 1.165) is 19.4 Å². The molecule has 0 aliphatic heterocycles. The molecule has 0 aliphatic carbocycles. The fourth-order valence-electron chi connectivity index (χ4n) is 1.14. The van der Waals surface area contributed by atoms with Gasteiger partial charge in [-0.1, -0.05) is 22.0 Å². The SMILES string of the molecule is N=C(N)c1cc2ccc(Br)cc2s1. The van der Waals surface area contributed by atoms with Gasteiger partial charge in [-0.2, -0.15) is 0 Å². The number of nitrogens with one attached hydrogen (secondary N) is 1. The predicted molar refractivity (Wildman–Crippen MR) is 60.5 cm³/mol. The molecule has 13 heavy (non-hydrogen) atoms. The Hall–Kier alpha value is -0.870. The molecule has 66 valence electrons. The monoisotopic (exact) mass is 254 g/mol. The molecule has 1 heterocycles. The van der Waals surface area contributed by atoms with E-state index < -0.39 is 0 Å². The van der Waals surface area contributed by atoms with E-state index >= 15 is 0 Å². The van der Waals surface area contributed by atoms with E-state index in [1.54, 1.807) is 0 Å². The number of hydrogen-bond acceptors (Lipinski definition) is 2. The molecule has 0 unspecified atom stereocenters. The minimum atomic E-state index is 0.136. The maximum absolute atomic E-state index is 7.30. The maximum atomic E-state index is 7.30. The van der Waals surface area contributed by atoms with E-state index in [9.17, 15) is 0 Å². The van der Waals surface area contributed by atoms with Gasteiger partial charge in [0.05, 0.1) is 4.88 Å². The number of amidine groups is 1. The Labute approximate surface area is 88.0 Å². The van der Waals surface area contributed by atoms with Crippen LogP contribution in [0.25, 0.3) is 10.1 Å². The van der Waals surface area contributed by atoms with Crippen LogP contribution in [0.15, 0.2) is 28.7 Å². The molecule has 3 N–H and O–H groups in total. The van der Waals surface area contributed by atoms with E-state index in [1.165, 1.54) is 11.3 Å². The molecule has 0 radical (unpaired) electrons. The number of thiophene rings is 1. The largest absolute Gasteiger partial charge is 0.383 e. The van der Waals surface area contributed by atoms with Crippen molar-refractivity contribution in [3.63, 3.8) is 0 Å². The van der Waals surface area contributed by atoms with Gasteiger partial charge in [-0.05, 0) is 23.6 Å². The zero-order chi connectivity index (χ0) is 9.42. The molecular weight excluding hydrogens is 248 g/mol.